The Morgan fingerprint density at radius 3 is 2.05 bits per heavy atom. The number of carbonyl (C=O) groups is 1. The Kier molecular flexibility index (Phi) is 4.60. The third kappa shape index (κ3) is 2.91. The predicted octanol–water partition coefficient (Wildman–Crippen LogP) is 2.58. The number of methoxy groups -OCH3 is 3. The van der Waals surface area contributed by atoms with Crippen molar-refractivity contribution >= 4 is 5.91 Å². The van der Waals surface area contributed by atoms with Crippen LogP contribution in [0.2, 0.25) is 0 Å². The highest BCUT2D eigenvalue weighted by Crippen LogP contribution is 2.39. The fourth-order valence-corrected chi connectivity index (χ4v) is 2.95. The van der Waals surface area contributed by atoms with Crippen molar-refractivity contribution in [3.05, 3.63) is 17.7 Å². The summed E-state index contributed by atoms with van der Waals surface area (Å²) in [6.45, 7) is 5.04. The van der Waals surface area contributed by atoms with Crippen molar-refractivity contribution in [2.45, 2.75) is 26.3 Å². The summed E-state index contributed by atoms with van der Waals surface area (Å²) >= 11 is 0. The van der Waals surface area contributed by atoms with Gasteiger partial charge in [0, 0.05) is 18.2 Å². The van der Waals surface area contributed by atoms with E-state index >= 15 is 0 Å². The summed E-state index contributed by atoms with van der Waals surface area (Å²) in [4.78, 5) is 14.6. The number of hydrogen-bond donors (Lipinski definition) is 0. The number of likely N-dealkylation sites (tertiary alicyclic amines) is 1. The van der Waals surface area contributed by atoms with E-state index in [9.17, 15) is 4.79 Å². The van der Waals surface area contributed by atoms with Crippen LogP contribution in [-0.2, 0) is 0 Å². The summed E-state index contributed by atoms with van der Waals surface area (Å²) in [7, 11) is 4.64. The van der Waals surface area contributed by atoms with Crippen LogP contribution in [0.3, 0.4) is 0 Å². The second kappa shape index (κ2) is 6.24. The summed E-state index contributed by atoms with van der Waals surface area (Å²) in [5, 5.41) is 0. The highest BCUT2D eigenvalue weighted by molar-refractivity contribution is 5.96. The molecular formula is C16H23NO4. The third-order valence-electron chi connectivity index (χ3n) is 3.96. The van der Waals surface area contributed by atoms with Gasteiger partial charge in [-0.25, -0.2) is 0 Å². The molecule has 1 aliphatic heterocycles. The zero-order valence-corrected chi connectivity index (χ0v) is 13.3. The number of benzene rings is 1. The molecule has 0 N–H and O–H groups in total. The highest BCUT2D eigenvalue weighted by Gasteiger charge is 2.31. The quantitative estimate of drug-likeness (QED) is 0.856. The first kappa shape index (κ1) is 15.5. The van der Waals surface area contributed by atoms with Crippen LogP contribution in [0.25, 0.3) is 0 Å². The van der Waals surface area contributed by atoms with Crippen molar-refractivity contribution in [3.8, 4) is 17.2 Å². The molecule has 1 aromatic rings. The van der Waals surface area contributed by atoms with Crippen LogP contribution < -0.4 is 14.2 Å². The molecule has 1 heterocycles. The normalized spacial score (nSPS) is 21.3. The maximum atomic E-state index is 12.7. The van der Waals surface area contributed by atoms with Gasteiger partial charge in [-0.2, -0.15) is 0 Å². The zero-order chi connectivity index (χ0) is 15.6. The second-order valence-corrected chi connectivity index (χ2v) is 5.56. The second-order valence-electron chi connectivity index (χ2n) is 5.56. The first-order chi connectivity index (χ1) is 10.0. The molecule has 116 valence electrons. The molecule has 0 unspecified atom stereocenters. The van der Waals surface area contributed by atoms with Crippen LogP contribution in [0.4, 0.5) is 0 Å². The van der Waals surface area contributed by atoms with Gasteiger partial charge >= 0.3 is 0 Å². The van der Waals surface area contributed by atoms with E-state index in [2.05, 4.69) is 13.8 Å². The first-order valence-electron chi connectivity index (χ1n) is 7.12. The first-order valence-corrected chi connectivity index (χ1v) is 7.12. The Morgan fingerprint density at radius 2 is 1.67 bits per heavy atom. The average Bonchev–Trinajstić information content (AvgIpc) is 2.83. The molecule has 0 aromatic heterocycles. The Hall–Kier alpha value is -1.91. The number of ether oxygens (including phenoxy) is 3. The summed E-state index contributed by atoms with van der Waals surface area (Å²) in [6.07, 6.45) is 1.04. The number of amides is 1. The number of rotatable bonds is 4. The zero-order valence-electron chi connectivity index (χ0n) is 13.3. The molecule has 5 heteroatoms. The van der Waals surface area contributed by atoms with Gasteiger partial charge in [-0.1, -0.05) is 6.92 Å². The summed E-state index contributed by atoms with van der Waals surface area (Å²) in [5.41, 5.74) is 0.561. The molecule has 0 bridgehead atoms. The predicted molar refractivity (Wildman–Crippen MR) is 80.4 cm³/mol. The summed E-state index contributed by atoms with van der Waals surface area (Å²) in [6, 6.07) is 3.67. The molecule has 0 saturated carbocycles. The van der Waals surface area contributed by atoms with Gasteiger partial charge in [-0.05, 0) is 31.4 Å². The largest absolute Gasteiger partial charge is 0.493 e. The summed E-state index contributed by atoms with van der Waals surface area (Å²) in [5.74, 6) is 2.04. The van der Waals surface area contributed by atoms with Crippen molar-refractivity contribution in [3.63, 3.8) is 0 Å². The molecule has 1 aliphatic rings. The van der Waals surface area contributed by atoms with Crippen LogP contribution in [-0.4, -0.2) is 44.7 Å². The Balaban J connectivity index is 2.37. The van der Waals surface area contributed by atoms with E-state index in [1.165, 1.54) is 0 Å². The van der Waals surface area contributed by atoms with Gasteiger partial charge in [0.25, 0.3) is 5.91 Å². The molecule has 0 spiro atoms. The molecule has 0 aliphatic carbocycles. The van der Waals surface area contributed by atoms with Crippen LogP contribution in [0, 0.1) is 5.92 Å². The molecule has 2 atom stereocenters. The van der Waals surface area contributed by atoms with Crippen LogP contribution >= 0.6 is 0 Å². The minimum Gasteiger partial charge on any atom is -0.493 e. The number of carbonyl (C=O) groups excluding carboxylic acids is 1. The van der Waals surface area contributed by atoms with Gasteiger partial charge in [0.2, 0.25) is 5.75 Å². The van der Waals surface area contributed by atoms with Crippen LogP contribution in [0.1, 0.15) is 30.6 Å². The van der Waals surface area contributed by atoms with E-state index in [4.69, 9.17) is 14.2 Å². The van der Waals surface area contributed by atoms with Gasteiger partial charge in [0.15, 0.2) is 11.5 Å². The molecule has 21 heavy (non-hydrogen) atoms. The molecule has 1 amide bonds. The van der Waals surface area contributed by atoms with E-state index in [-0.39, 0.29) is 11.9 Å². The lowest BCUT2D eigenvalue weighted by atomic mass is 10.1. The molecule has 1 aromatic carbocycles. The number of nitrogens with zero attached hydrogens (tertiary/aromatic N) is 1. The van der Waals surface area contributed by atoms with Crippen molar-refractivity contribution in [2.75, 3.05) is 27.9 Å². The lowest BCUT2D eigenvalue weighted by Gasteiger charge is -2.22. The third-order valence-corrected chi connectivity index (χ3v) is 3.96. The highest BCUT2D eigenvalue weighted by atomic mass is 16.5. The van der Waals surface area contributed by atoms with Gasteiger partial charge in [0.1, 0.15) is 0 Å². The topological polar surface area (TPSA) is 48.0 Å². The molecule has 1 fully saturated rings. The van der Waals surface area contributed by atoms with Crippen LogP contribution in [0.5, 0.6) is 17.2 Å². The lowest BCUT2D eigenvalue weighted by Crippen LogP contribution is -2.34. The fraction of sp³-hybridized carbons (Fsp3) is 0.562. The maximum absolute atomic E-state index is 12.7. The minimum absolute atomic E-state index is 0.00565. The van der Waals surface area contributed by atoms with Gasteiger partial charge in [-0.15, -0.1) is 0 Å². The van der Waals surface area contributed by atoms with Crippen molar-refractivity contribution in [2.24, 2.45) is 5.92 Å². The molecule has 5 nitrogen and oxygen atoms in total. The summed E-state index contributed by atoms with van der Waals surface area (Å²) < 4.78 is 15.9. The molecular weight excluding hydrogens is 270 g/mol. The van der Waals surface area contributed by atoms with E-state index in [1.54, 1.807) is 33.5 Å². The molecule has 2 rings (SSSR count). The van der Waals surface area contributed by atoms with E-state index in [0.29, 0.717) is 28.7 Å². The standard InChI is InChI=1S/C16H23NO4/c1-10-6-11(2)17(9-10)16(18)12-7-13(19-3)15(21-5)14(8-12)20-4/h7-8,10-11H,6,9H2,1-5H3/t10-,11-/m1/s1. The van der Waals surface area contributed by atoms with Crippen LogP contribution in [0.15, 0.2) is 12.1 Å². The van der Waals surface area contributed by atoms with Gasteiger partial charge in [0.05, 0.1) is 21.3 Å². The van der Waals surface area contributed by atoms with E-state index in [1.807, 2.05) is 4.90 Å². The Bertz CT molecular complexity index is 504. The Labute approximate surface area is 125 Å². The maximum Gasteiger partial charge on any atom is 0.254 e. The van der Waals surface area contributed by atoms with Crippen molar-refractivity contribution < 1.29 is 19.0 Å². The number of hydrogen-bond acceptors (Lipinski definition) is 4. The Morgan fingerprint density at radius 1 is 1.10 bits per heavy atom. The SMILES string of the molecule is COc1cc(C(=O)N2C[C@H](C)C[C@H]2C)cc(OC)c1OC. The van der Waals surface area contributed by atoms with Crippen molar-refractivity contribution in [1.29, 1.82) is 0 Å². The minimum atomic E-state index is 0.00565. The van der Waals surface area contributed by atoms with Gasteiger partial charge < -0.3 is 19.1 Å². The van der Waals surface area contributed by atoms with Gasteiger partial charge in [-0.3, -0.25) is 4.79 Å². The molecule has 0 radical (unpaired) electrons. The lowest BCUT2D eigenvalue weighted by molar-refractivity contribution is 0.0743. The molecule has 1 saturated heterocycles. The van der Waals surface area contributed by atoms with E-state index < -0.39 is 0 Å². The van der Waals surface area contributed by atoms with E-state index in [0.717, 1.165) is 13.0 Å². The average molecular weight is 293 g/mol. The van der Waals surface area contributed by atoms with Crippen molar-refractivity contribution in [1.82, 2.24) is 4.90 Å². The smallest absolute Gasteiger partial charge is 0.254 e. The fourth-order valence-electron chi connectivity index (χ4n) is 2.95. The monoisotopic (exact) mass is 293 g/mol.